The number of benzene rings is 1. The maximum atomic E-state index is 11.4. The Morgan fingerprint density at radius 2 is 2.11 bits per heavy atom. The van der Waals surface area contributed by atoms with Gasteiger partial charge in [0.15, 0.2) is 0 Å². The first-order valence-electron chi connectivity index (χ1n) is 6.13. The van der Waals surface area contributed by atoms with Crippen molar-refractivity contribution in [1.82, 2.24) is 0 Å². The van der Waals surface area contributed by atoms with E-state index in [0.29, 0.717) is 17.9 Å². The number of urea groups is 1. The quantitative estimate of drug-likeness (QED) is 0.469. The van der Waals surface area contributed by atoms with E-state index in [9.17, 15) is 9.59 Å². The van der Waals surface area contributed by atoms with Crippen LogP contribution in [0.15, 0.2) is 30.3 Å². The molecule has 2 amide bonds. The number of esters is 1. The highest BCUT2D eigenvalue weighted by molar-refractivity contribution is 5.93. The molecule has 1 aromatic carbocycles. The number of amides is 2. The summed E-state index contributed by atoms with van der Waals surface area (Å²) in [5.41, 5.74) is 6.30. The van der Waals surface area contributed by atoms with Crippen LogP contribution in [-0.4, -0.2) is 18.6 Å². The molecule has 0 radical (unpaired) electrons. The number of carbonyl (C=O) groups excluding carboxylic acids is 2. The van der Waals surface area contributed by atoms with Gasteiger partial charge in [0.2, 0.25) is 0 Å². The van der Waals surface area contributed by atoms with Gasteiger partial charge >= 0.3 is 12.0 Å². The number of unbranched alkanes of at least 4 members (excludes halogenated alkanes) is 1. The number of para-hydroxylation sites is 1. The molecule has 0 spiro atoms. The molecule has 1 aromatic rings. The number of nitrogens with one attached hydrogen (secondary N) is 1. The van der Waals surface area contributed by atoms with E-state index < -0.39 is 12.0 Å². The summed E-state index contributed by atoms with van der Waals surface area (Å²) in [7, 11) is 0. The van der Waals surface area contributed by atoms with Gasteiger partial charge in [0.05, 0.1) is 6.61 Å². The van der Waals surface area contributed by atoms with Crippen LogP contribution >= 0.6 is 0 Å². The summed E-state index contributed by atoms with van der Waals surface area (Å²) in [4.78, 5) is 22.2. The molecule has 0 atom stereocenters. The zero-order valence-corrected chi connectivity index (χ0v) is 10.9. The number of anilines is 1. The van der Waals surface area contributed by atoms with E-state index in [4.69, 9.17) is 10.5 Å². The van der Waals surface area contributed by atoms with Crippen molar-refractivity contribution in [2.75, 3.05) is 11.9 Å². The number of rotatable bonds is 6. The van der Waals surface area contributed by atoms with Gasteiger partial charge in [-0.3, -0.25) is 0 Å². The van der Waals surface area contributed by atoms with Crippen LogP contribution in [0.3, 0.4) is 0 Å². The van der Waals surface area contributed by atoms with Crippen LogP contribution < -0.4 is 11.1 Å². The minimum Gasteiger partial charge on any atom is -0.463 e. The van der Waals surface area contributed by atoms with E-state index >= 15 is 0 Å². The smallest absolute Gasteiger partial charge is 0.330 e. The van der Waals surface area contributed by atoms with E-state index in [0.717, 1.165) is 12.8 Å². The Kier molecular flexibility index (Phi) is 6.15. The first kappa shape index (κ1) is 14.8. The SMILES string of the molecule is CCCCOC(=O)/C=C/c1ccccc1NC(N)=O. The van der Waals surface area contributed by atoms with Gasteiger partial charge in [-0.05, 0) is 24.1 Å². The summed E-state index contributed by atoms with van der Waals surface area (Å²) >= 11 is 0. The third-order valence-corrected chi connectivity index (χ3v) is 2.36. The molecular formula is C14H18N2O3. The van der Waals surface area contributed by atoms with Gasteiger partial charge in [0, 0.05) is 11.8 Å². The van der Waals surface area contributed by atoms with Crippen molar-refractivity contribution in [1.29, 1.82) is 0 Å². The Morgan fingerprint density at radius 3 is 2.79 bits per heavy atom. The van der Waals surface area contributed by atoms with Gasteiger partial charge < -0.3 is 15.8 Å². The second-order valence-corrected chi connectivity index (χ2v) is 3.93. The molecule has 0 saturated carbocycles. The molecule has 0 saturated heterocycles. The van der Waals surface area contributed by atoms with Crippen LogP contribution in [0.5, 0.6) is 0 Å². The van der Waals surface area contributed by atoms with Crippen LogP contribution in [0.4, 0.5) is 10.5 Å². The van der Waals surface area contributed by atoms with Gasteiger partial charge in [0.25, 0.3) is 0 Å². The summed E-state index contributed by atoms with van der Waals surface area (Å²) in [5.74, 6) is -0.401. The molecule has 102 valence electrons. The highest BCUT2D eigenvalue weighted by Gasteiger charge is 2.02. The molecule has 1 rings (SSSR count). The fourth-order valence-electron chi connectivity index (χ4n) is 1.41. The molecule has 0 aliphatic heterocycles. The third kappa shape index (κ3) is 5.72. The average Bonchev–Trinajstić information content (AvgIpc) is 2.37. The van der Waals surface area contributed by atoms with Crippen molar-refractivity contribution in [3.63, 3.8) is 0 Å². The predicted molar refractivity (Wildman–Crippen MR) is 74.5 cm³/mol. The van der Waals surface area contributed by atoms with Crippen molar-refractivity contribution in [2.45, 2.75) is 19.8 Å². The Hall–Kier alpha value is -2.30. The molecule has 0 heterocycles. The van der Waals surface area contributed by atoms with Gasteiger partial charge in [0.1, 0.15) is 0 Å². The lowest BCUT2D eigenvalue weighted by Gasteiger charge is -2.05. The van der Waals surface area contributed by atoms with E-state index in [1.807, 2.05) is 6.92 Å². The van der Waals surface area contributed by atoms with Crippen LogP contribution in [-0.2, 0) is 9.53 Å². The fourth-order valence-corrected chi connectivity index (χ4v) is 1.41. The van der Waals surface area contributed by atoms with Crippen molar-refractivity contribution < 1.29 is 14.3 Å². The summed E-state index contributed by atoms with van der Waals surface area (Å²) < 4.78 is 4.99. The van der Waals surface area contributed by atoms with Gasteiger partial charge in [-0.1, -0.05) is 31.5 Å². The molecular weight excluding hydrogens is 244 g/mol. The zero-order valence-electron chi connectivity index (χ0n) is 10.9. The lowest BCUT2D eigenvalue weighted by molar-refractivity contribution is -0.137. The number of hydrogen-bond donors (Lipinski definition) is 2. The number of primary amides is 1. The normalized spacial score (nSPS) is 10.4. The summed E-state index contributed by atoms with van der Waals surface area (Å²) in [6, 6.07) is 6.39. The average molecular weight is 262 g/mol. The maximum absolute atomic E-state index is 11.4. The molecule has 0 aliphatic rings. The van der Waals surface area contributed by atoms with Crippen molar-refractivity contribution in [3.05, 3.63) is 35.9 Å². The van der Waals surface area contributed by atoms with E-state index in [2.05, 4.69) is 5.32 Å². The van der Waals surface area contributed by atoms with Gasteiger partial charge in [-0.15, -0.1) is 0 Å². The molecule has 0 aromatic heterocycles. The van der Waals surface area contributed by atoms with E-state index in [-0.39, 0.29) is 0 Å². The predicted octanol–water partition coefficient (Wildman–Crippen LogP) is 2.53. The van der Waals surface area contributed by atoms with Crippen molar-refractivity contribution >= 4 is 23.8 Å². The van der Waals surface area contributed by atoms with Crippen molar-refractivity contribution in [2.24, 2.45) is 5.73 Å². The molecule has 19 heavy (non-hydrogen) atoms. The Balaban J connectivity index is 2.65. The van der Waals surface area contributed by atoms with Crippen LogP contribution in [0.25, 0.3) is 6.08 Å². The number of ether oxygens (including phenoxy) is 1. The Morgan fingerprint density at radius 1 is 1.37 bits per heavy atom. The molecule has 0 aliphatic carbocycles. The van der Waals surface area contributed by atoms with E-state index in [1.165, 1.54) is 6.08 Å². The molecule has 3 N–H and O–H groups in total. The lowest BCUT2D eigenvalue weighted by Crippen LogP contribution is -2.19. The van der Waals surface area contributed by atoms with E-state index in [1.54, 1.807) is 30.3 Å². The number of hydrogen-bond acceptors (Lipinski definition) is 3. The first-order valence-corrected chi connectivity index (χ1v) is 6.13. The fraction of sp³-hybridized carbons (Fsp3) is 0.286. The molecule has 5 nitrogen and oxygen atoms in total. The largest absolute Gasteiger partial charge is 0.463 e. The summed E-state index contributed by atoms with van der Waals surface area (Å²) in [6.07, 6.45) is 4.73. The maximum Gasteiger partial charge on any atom is 0.330 e. The van der Waals surface area contributed by atoms with Crippen molar-refractivity contribution in [3.8, 4) is 0 Å². The second kappa shape index (κ2) is 7.92. The van der Waals surface area contributed by atoms with Crippen LogP contribution in [0.2, 0.25) is 0 Å². The Labute approximate surface area is 112 Å². The minimum atomic E-state index is -0.647. The standard InChI is InChI=1S/C14H18N2O3/c1-2-3-10-19-13(17)9-8-11-6-4-5-7-12(11)16-14(15)18/h4-9H,2-3,10H2,1H3,(H3,15,16,18)/b9-8+. The lowest BCUT2D eigenvalue weighted by atomic mass is 10.1. The molecule has 0 fully saturated rings. The topological polar surface area (TPSA) is 81.4 Å². The Bertz CT molecular complexity index is 470. The number of carbonyl (C=O) groups is 2. The third-order valence-electron chi connectivity index (χ3n) is 2.36. The highest BCUT2D eigenvalue weighted by Crippen LogP contribution is 2.16. The van der Waals surface area contributed by atoms with Gasteiger partial charge in [-0.25, -0.2) is 9.59 Å². The molecule has 0 unspecified atom stereocenters. The summed E-state index contributed by atoms with van der Waals surface area (Å²) in [6.45, 7) is 2.44. The molecule has 0 bridgehead atoms. The zero-order chi connectivity index (χ0) is 14.1. The highest BCUT2D eigenvalue weighted by atomic mass is 16.5. The second-order valence-electron chi connectivity index (χ2n) is 3.93. The number of nitrogens with two attached hydrogens (primary N) is 1. The first-order chi connectivity index (χ1) is 9.13. The summed E-state index contributed by atoms with van der Waals surface area (Å²) in [5, 5.41) is 2.48. The van der Waals surface area contributed by atoms with Gasteiger partial charge in [-0.2, -0.15) is 0 Å². The monoisotopic (exact) mass is 262 g/mol. The van der Waals surface area contributed by atoms with Crippen LogP contribution in [0.1, 0.15) is 25.3 Å². The molecule has 5 heteroatoms. The minimum absolute atomic E-state index is 0.401. The van der Waals surface area contributed by atoms with Crippen LogP contribution in [0, 0.1) is 0 Å².